The van der Waals surface area contributed by atoms with Crippen LogP contribution in [0, 0.1) is 6.92 Å². The van der Waals surface area contributed by atoms with Gasteiger partial charge in [-0.2, -0.15) is 0 Å². The molecule has 0 unspecified atom stereocenters. The molecule has 1 heterocycles. The van der Waals surface area contributed by atoms with Gasteiger partial charge >= 0.3 is 0 Å². The van der Waals surface area contributed by atoms with E-state index in [1.165, 1.54) is 16.9 Å². The molecule has 0 spiro atoms. The van der Waals surface area contributed by atoms with Crippen LogP contribution in [-0.2, 0) is 9.53 Å². The molecule has 7 heteroatoms. The number of halogens is 1. The van der Waals surface area contributed by atoms with Gasteiger partial charge in [-0.25, -0.2) is 4.98 Å². The van der Waals surface area contributed by atoms with E-state index in [2.05, 4.69) is 36.5 Å². The Hall–Kier alpha value is -2.41. The van der Waals surface area contributed by atoms with E-state index in [-0.39, 0.29) is 5.91 Å². The molecule has 3 aromatic rings. The minimum atomic E-state index is -0.497. The Kier molecular flexibility index (Phi) is 7.25. The average molecular weight is 430 g/mol. The van der Waals surface area contributed by atoms with Crippen LogP contribution in [0.5, 0.6) is 0 Å². The quantitative estimate of drug-likeness (QED) is 0.508. The number of aryl methyl sites for hydroxylation is 1. The molecule has 152 valence electrons. The largest absolute Gasteiger partial charge is 0.383 e. The van der Waals surface area contributed by atoms with Crippen LogP contribution in [0.15, 0.2) is 53.9 Å². The van der Waals surface area contributed by atoms with Gasteiger partial charge in [-0.1, -0.05) is 53.6 Å². The maximum Gasteiger partial charge on any atom is 0.242 e. The summed E-state index contributed by atoms with van der Waals surface area (Å²) in [6, 6.07) is 15.2. The molecule has 0 aliphatic carbocycles. The van der Waals surface area contributed by atoms with Crippen LogP contribution in [0.4, 0.5) is 10.8 Å². The number of para-hydroxylation sites is 1. The number of ether oxygens (including phenoxy) is 1. The number of thiazole rings is 1. The Morgan fingerprint density at radius 2 is 1.97 bits per heavy atom. The monoisotopic (exact) mass is 429 g/mol. The first kappa shape index (κ1) is 21.3. The van der Waals surface area contributed by atoms with Gasteiger partial charge in [0.05, 0.1) is 23.0 Å². The second kappa shape index (κ2) is 9.87. The lowest BCUT2D eigenvalue weighted by atomic mass is 10.1. The van der Waals surface area contributed by atoms with E-state index in [0.717, 1.165) is 16.9 Å². The smallest absolute Gasteiger partial charge is 0.242 e. The number of rotatable bonds is 8. The number of hydrogen-bond donors (Lipinski definition) is 1. The molecule has 2 aromatic carbocycles. The summed E-state index contributed by atoms with van der Waals surface area (Å²) in [5.74, 6) is -0.117. The van der Waals surface area contributed by atoms with Crippen molar-refractivity contribution < 1.29 is 9.53 Å². The van der Waals surface area contributed by atoms with Crippen LogP contribution in [0.25, 0.3) is 11.3 Å². The summed E-state index contributed by atoms with van der Waals surface area (Å²) in [7, 11) is 1.60. The molecule has 0 fully saturated rings. The zero-order valence-corrected chi connectivity index (χ0v) is 18.3. The third kappa shape index (κ3) is 5.15. The third-order valence-electron chi connectivity index (χ3n) is 4.53. The summed E-state index contributed by atoms with van der Waals surface area (Å²) in [5, 5.41) is 6.17. The Labute approximate surface area is 180 Å². The van der Waals surface area contributed by atoms with Gasteiger partial charge in [-0.15, -0.1) is 11.3 Å². The predicted octanol–water partition coefficient (Wildman–Crippen LogP) is 5.06. The van der Waals surface area contributed by atoms with Crippen LogP contribution in [0.3, 0.4) is 0 Å². The Bertz CT molecular complexity index is 959. The fourth-order valence-corrected chi connectivity index (χ4v) is 4.05. The molecule has 1 N–H and O–H groups in total. The first-order valence-corrected chi connectivity index (χ1v) is 10.6. The SMILES string of the molecule is COCCNC(=O)[C@@H](C)N(c1nc(-c2ccc(C)cc2)cs1)c1ccccc1Cl. The van der Waals surface area contributed by atoms with Crippen LogP contribution in [0.2, 0.25) is 5.02 Å². The second-order valence-corrected chi connectivity index (χ2v) is 7.91. The van der Waals surface area contributed by atoms with E-state index in [9.17, 15) is 4.79 Å². The zero-order valence-electron chi connectivity index (χ0n) is 16.7. The van der Waals surface area contributed by atoms with Crippen LogP contribution < -0.4 is 10.2 Å². The Morgan fingerprint density at radius 3 is 2.66 bits per heavy atom. The van der Waals surface area contributed by atoms with E-state index in [4.69, 9.17) is 21.3 Å². The number of carbonyl (C=O) groups is 1. The summed E-state index contributed by atoms with van der Waals surface area (Å²) in [4.78, 5) is 19.4. The van der Waals surface area contributed by atoms with Gasteiger partial charge < -0.3 is 15.0 Å². The van der Waals surface area contributed by atoms with E-state index in [1.54, 1.807) is 7.11 Å². The average Bonchev–Trinajstić information content (AvgIpc) is 3.20. The molecule has 0 aliphatic rings. The lowest BCUT2D eigenvalue weighted by Gasteiger charge is -2.28. The Balaban J connectivity index is 1.94. The van der Waals surface area contributed by atoms with Gasteiger partial charge in [-0.3, -0.25) is 4.79 Å². The number of amides is 1. The van der Waals surface area contributed by atoms with Crippen molar-refractivity contribution in [2.24, 2.45) is 0 Å². The maximum absolute atomic E-state index is 12.8. The normalized spacial score (nSPS) is 11.9. The predicted molar refractivity (Wildman–Crippen MR) is 120 cm³/mol. The van der Waals surface area contributed by atoms with Gasteiger partial charge in [0.1, 0.15) is 6.04 Å². The number of hydrogen-bond acceptors (Lipinski definition) is 5. The first-order valence-electron chi connectivity index (χ1n) is 9.34. The highest BCUT2D eigenvalue weighted by atomic mass is 35.5. The molecule has 0 radical (unpaired) electrons. The number of aromatic nitrogens is 1. The molecule has 0 bridgehead atoms. The number of nitrogens with zero attached hydrogens (tertiary/aromatic N) is 2. The third-order valence-corrected chi connectivity index (χ3v) is 5.69. The van der Waals surface area contributed by atoms with Crippen molar-refractivity contribution >= 4 is 39.7 Å². The van der Waals surface area contributed by atoms with Crippen molar-refractivity contribution in [1.82, 2.24) is 10.3 Å². The number of carbonyl (C=O) groups excluding carboxylic acids is 1. The van der Waals surface area contributed by atoms with E-state index in [0.29, 0.717) is 23.3 Å². The molecule has 3 rings (SSSR count). The molecule has 29 heavy (non-hydrogen) atoms. The van der Waals surface area contributed by atoms with E-state index >= 15 is 0 Å². The zero-order chi connectivity index (χ0) is 20.8. The van der Waals surface area contributed by atoms with Crippen molar-refractivity contribution in [3.63, 3.8) is 0 Å². The fourth-order valence-electron chi connectivity index (χ4n) is 2.90. The lowest BCUT2D eigenvalue weighted by molar-refractivity contribution is -0.122. The van der Waals surface area contributed by atoms with E-state index < -0.39 is 6.04 Å². The van der Waals surface area contributed by atoms with Gasteiger partial charge in [0.2, 0.25) is 5.91 Å². The van der Waals surface area contributed by atoms with Gasteiger partial charge in [0, 0.05) is 24.6 Å². The molecule has 1 atom stereocenters. The van der Waals surface area contributed by atoms with Gasteiger partial charge in [0.15, 0.2) is 5.13 Å². The maximum atomic E-state index is 12.8. The first-order chi connectivity index (χ1) is 14.0. The van der Waals surface area contributed by atoms with Crippen molar-refractivity contribution in [3.8, 4) is 11.3 Å². The number of anilines is 2. The summed E-state index contributed by atoms with van der Waals surface area (Å²) in [5.41, 5.74) is 3.85. The molecule has 1 aromatic heterocycles. The van der Waals surface area contributed by atoms with E-state index in [1.807, 2.05) is 41.5 Å². The van der Waals surface area contributed by atoms with Crippen LogP contribution in [-0.4, -0.2) is 37.2 Å². The number of methoxy groups -OCH3 is 1. The van der Waals surface area contributed by atoms with Crippen molar-refractivity contribution in [3.05, 3.63) is 64.5 Å². The van der Waals surface area contributed by atoms with Crippen molar-refractivity contribution in [2.75, 3.05) is 25.2 Å². The highest BCUT2D eigenvalue weighted by Crippen LogP contribution is 2.37. The molecular formula is C22H24ClN3O2S. The Morgan fingerprint density at radius 1 is 1.24 bits per heavy atom. The summed E-state index contributed by atoms with van der Waals surface area (Å²) < 4.78 is 5.02. The summed E-state index contributed by atoms with van der Waals surface area (Å²) in [6.45, 7) is 4.81. The minimum Gasteiger partial charge on any atom is -0.383 e. The standard InChI is InChI=1S/C22H24ClN3O2S/c1-15-8-10-17(11-9-15)19-14-29-22(25-19)26(20-7-5-4-6-18(20)23)16(2)21(27)24-12-13-28-3/h4-11,14,16H,12-13H2,1-3H3,(H,24,27)/t16-/m1/s1. The minimum absolute atomic E-state index is 0.117. The molecule has 0 saturated heterocycles. The van der Waals surface area contributed by atoms with Crippen LogP contribution in [0.1, 0.15) is 12.5 Å². The molecule has 0 aliphatic heterocycles. The van der Waals surface area contributed by atoms with Crippen molar-refractivity contribution in [2.45, 2.75) is 19.9 Å². The fraction of sp³-hybridized carbons (Fsp3) is 0.273. The summed E-state index contributed by atoms with van der Waals surface area (Å²) in [6.07, 6.45) is 0. The van der Waals surface area contributed by atoms with Crippen molar-refractivity contribution in [1.29, 1.82) is 0 Å². The number of benzene rings is 2. The molecular weight excluding hydrogens is 406 g/mol. The molecule has 1 amide bonds. The van der Waals surface area contributed by atoms with Gasteiger partial charge in [-0.05, 0) is 26.0 Å². The van der Waals surface area contributed by atoms with Gasteiger partial charge in [0.25, 0.3) is 0 Å². The topological polar surface area (TPSA) is 54.5 Å². The molecule has 5 nitrogen and oxygen atoms in total. The van der Waals surface area contributed by atoms with Crippen LogP contribution >= 0.6 is 22.9 Å². The second-order valence-electron chi connectivity index (χ2n) is 6.66. The highest BCUT2D eigenvalue weighted by Gasteiger charge is 2.27. The highest BCUT2D eigenvalue weighted by molar-refractivity contribution is 7.14. The summed E-state index contributed by atoms with van der Waals surface area (Å²) >= 11 is 7.95. The molecule has 0 saturated carbocycles. The lowest BCUT2D eigenvalue weighted by Crippen LogP contribution is -2.44. The number of nitrogens with one attached hydrogen (secondary N) is 1.